The number of nitrogens with one attached hydrogen (secondary N) is 1. The fourth-order valence-corrected chi connectivity index (χ4v) is 2.86. The van der Waals surface area contributed by atoms with Crippen LogP contribution in [0.3, 0.4) is 0 Å². The van der Waals surface area contributed by atoms with Crippen LogP contribution in [0, 0.1) is 6.92 Å². The van der Waals surface area contributed by atoms with E-state index >= 15 is 0 Å². The van der Waals surface area contributed by atoms with Gasteiger partial charge in [-0.2, -0.15) is 0 Å². The molecule has 0 spiro atoms. The molecule has 2 rings (SSSR count). The van der Waals surface area contributed by atoms with E-state index < -0.39 is 0 Å². The Labute approximate surface area is 123 Å². The maximum atomic E-state index is 5.38. The van der Waals surface area contributed by atoms with Gasteiger partial charge in [-0.15, -0.1) is 0 Å². The van der Waals surface area contributed by atoms with Gasteiger partial charge in [0.1, 0.15) is 5.75 Å². The first-order valence-electron chi connectivity index (χ1n) is 7.78. The molecule has 1 saturated heterocycles. The molecule has 0 saturated carbocycles. The Morgan fingerprint density at radius 1 is 1.25 bits per heavy atom. The van der Waals surface area contributed by atoms with Crippen molar-refractivity contribution in [2.45, 2.75) is 45.7 Å². The van der Waals surface area contributed by atoms with E-state index in [0.29, 0.717) is 6.04 Å². The predicted octanol–water partition coefficient (Wildman–Crippen LogP) is 2.97. The topological polar surface area (TPSA) is 24.5 Å². The van der Waals surface area contributed by atoms with Crippen LogP contribution in [-0.2, 0) is 6.54 Å². The molecule has 1 fully saturated rings. The molecular formula is C17H28N2O. The molecule has 0 aliphatic carbocycles. The molecule has 3 heteroatoms. The third kappa shape index (κ3) is 4.50. The van der Waals surface area contributed by atoms with Gasteiger partial charge >= 0.3 is 0 Å². The van der Waals surface area contributed by atoms with Crippen molar-refractivity contribution in [1.82, 2.24) is 10.2 Å². The van der Waals surface area contributed by atoms with E-state index in [4.69, 9.17) is 4.74 Å². The maximum Gasteiger partial charge on any atom is 0.122 e. The molecule has 20 heavy (non-hydrogen) atoms. The first kappa shape index (κ1) is 15.3. The second kappa shape index (κ2) is 7.65. The van der Waals surface area contributed by atoms with Crippen molar-refractivity contribution in [3.05, 3.63) is 29.3 Å². The zero-order valence-corrected chi connectivity index (χ0v) is 13.1. The minimum atomic E-state index is 0.528. The Morgan fingerprint density at radius 2 is 2.00 bits per heavy atom. The third-order valence-corrected chi connectivity index (χ3v) is 4.11. The van der Waals surface area contributed by atoms with E-state index in [1.165, 1.54) is 43.5 Å². The standard InChI is InChI=1S/C17H28N2O/c1-14-7-8-16(11-17(14)20-3)12-18-15(2)13-19-9-5-4-6-10-19/h7-8,11,15,18H,4-6,9-10,12-13H2,1-3H3. The monoisotopic (exact) mass is 276 g/mol. The van der Waals surface area contributed by atoms with E-state index in [1.807, 2.05) is 0 Å². The van der Waals surface area contributed by atoms with Gasteiger partial charge in [-0.3, -0.25) is 0 Å². The molecule has 1 aliphatic rings. The minimum absolute atomic E-state index is 0.528. The van der Waals surface area contributed by atoms with Crippen LogP contribution in [0.2, 0.25) is 0 Å². The predicted molar refractivity (Wildman–Crippen MR) is 84.3 cm³/mol. The number of piperidine rings is 1. The highest BCUT2D eigenvalue weighted by molar-refractivity contribution is 5.36. The number of likely N-dealkylation sites (tertiary alicyclic amines) is 1. The Hall–Kier alpha value is -1.06. The lowest BCUT2D eigenvalue weighted by molar-refractivity contribution is 0.209. The molecule has 0 radical (unpaired) electrons. The van der Waals surface area contributed by atoms with E-state index in [-0.39, 0.29) is 0 Å². The van der Waals surface area contributed by atoms with Crippen molar-refractivity contribution in [2.24, 2.45) is 0 Å². The van der Waals surface area contributed by atoms with E-state index in [2.05, 4.69) is 42.3 Å². The normalized spacial score (nSPS) is 17.9. The number of ether oxygens (including phenoxy) is 1. The van der Waals surface area contributed by atoms with Gasteiger partial charge in [-0.05, 0) is 57.0 Å². The van der Waals surface area contributed by atoms with Crippen LogP contribution in [-0.4, -0.2) is 37.7 Å². The molecule has 112 valence electrons. The molecule has 0 bridgehead atoms. The van der Waals surface area contributed by atoms with Crippen LogP contribution in [0.4, 0.5) is 0 Å². The minimum Gasteiger partial charge on any atom is -0.496 e. The first-order valence-corrected chi connectivity index (χ1v) is 7.78. The number of methoxy groups -OCH3 is 1. The largest absolute Gasteiger partial charge is 0.496 e. The number of nitrogens with zero attached hydrogens (tertiary/aromatic N) is 1. The Bertz CT molecular complexity index is 413. The summed E-state index contributed by atoms with van der Waals surface area (Å²) in [6, 6.07) is 6.97. The second-order valence-electron chi connectivity index (χ2n) is 5.95. The quantitative estimate of drug-likeness (QED) is 0.864. The Morgan fingerprint density at radius 3 is 2.70 bits per heavy atom. The van der Waals surface area contributed by atoms with Crippen LogP contribution < -0.4 is 10.1 Å². The van der Waals surface area contributed by atoms with Gasteiger partial charge in [0.15, 0.2) is 0 Å². The molecule has 1 aromatic carbocycles. The summed E-state index contributed by atoms with van der Waals surface area (Å²) >= 11 is 0. The van der Waals surface area contributed by atoms with Gasteiger partial charge in [0.05, 0.1) is 7.11 Å². The average molecular weight is 276 g/mol. The lowest BCUT2D eigenvalue weighted by Crippen LogP contribution is -2.41. The fourth-order valence-electron chi connectivity index (χ4n) is 2.86. The summed E-state index contributed by atoms with van der Waals surface area (Å²) in [6.07, 6.45) is 4.13. The molecule has 1 N–H and O–H groups in total. The molecule has 1 heterocycles. The van der Waals surface area contributed by atoms with Crippen LogP contribution in [0.5, 0.6) is 5.75 Å². The van der Waals surface area contributed by atoms with Crippen LogP contribution in [0.25, 0.3) is 0 Å². The number of benzene rings is 1. The van der Waals surface area contributed by atoms with Crippen molar-refractivity contribution in [2.75, 3.05) is 26.7 Å². The van der Waals surface area contributed by atoms with Gasteiger partial charge in [-0.25, -0.2) is 0 Å². The fraction of sp³-hybridized carbons (Fsp3) is 0.647. The van der Waals surface area contributed by atoms with Crippen molar-refractivity contribution in [3.8, 4) is 5.75 Å². The van der Waals surface area contributed by atoms with Gasteiger partial charge in [-0.1, -0.05) is 18.6 Å². The first-order chi connectivity index (χ1) is 9.69. The highest BCUT2D eigenvalue weighted by Gasteiger charge is 2.13. The summed E-state index contributed by atoms with van der Waals surface area (Å²) in [5.41, 5.74) is 2.48. The smallest absolute Gasteiger partial charge is 0.122 e. The van der Waals surface area contributed by atoms with E-state index in [1.54, 1.807) is 7.11 Å². The van der Waals surface area contributed by atoms with E-state index in [0.717, 1.165) is 18.8 Å². The molecule has 0 aromatic heterocycles. The SMILES string of the molecule is COc1cc(CNC(C)CN2CCCCC2)ccc1C. The highest BCUT2D eigenvalue weighted by atomic mass is 16.5. The van der Waals surface area contributed by atoms with Gasteiger partial charge in [0.2, 0.25) is 0 Å². The second-order valence-corrected chi connectivity index (χ2v) is 5.95. The zero-order chi connectivity index (χ0) is 14.4. The summed E-state index contributed by atoms with van der Waals surface area (Å²) in [4.78, 5) is 2.58. The number of aryl methyl sites for hydroxylation is 1. The molecule has 1 aliphatic heterocycles. The number of rotatable bonds is 6. The summed E-state index contributed by atoms with van der Waals surface area (Å²) in [6.45, 7) is 8.96. The zero-order valence-electron chi connectivity index (χ0n) is 13.1. The van der Waals surface area contributed by atoms with Crippen LogP contribution >= 0.6 is 0 Å². The molecular weight excluding hydrogens is 248 g/mol. The van der Waals surface area contributed by atoms with Crippen molar-refractivity contribution < 1.29 is 4.74 Å². The Kier molecular flexibility index (Phi) is 5.86. The molecule has 1 atom stereocenters. The summed E-state index contributed by atoms with van der Waals surface area (Å²) in [5, 5.41) is 3.62. The van der Waals surface area contributed by atoms with Crippen LogP contribution in [0.1, 0.15) is 37.3 Å². The molecule has 0 amide bonds. The molecule has 1 aromatic rings. The summed E-state index contributed by atoms with van der Waals surface area (Å²) < 4.78 is 5.38. The highest BCUT2D eigenvalue weighted by Crippen LogP contribution is 2.19. The summed E-state index contributed by atoms with van der Waals surface area (Å²) in [5.74, 6) is 0.980. The average Bonchev–Trinajstić information content (AvgIpc) is 2.47. The number of hydrogen-bond donors (Lipinski definition) is 1. The van der Waals surface area contributed by atoms with Crippen LogP contribution in [0.15, 0.2) is 18.2 Å². The van der Waals surface area contributed by atoms with Crippen molar-refractivity contribution >= 4 is 0 Å². The number of hydrogen-bond acceptors (Lipinski definition) is 3. The van der Waals surface area contributed by atoms with Crippen molar-refractivity contribution in [1.29, 1.82) is 0 Å². The lowest BCUT2D eigenvalue weighted by Gasteiger charge is -2.29. The van der Waals surface area contributed by atoms with Gasteiger partial charge < -0.3 is 15.0 Å². The summed E-state index contributed by atoms with van der Waals surface area (Å²) in [7, 11) is 1.73. The Balaban J connectivity index is 1.78. The lowest BCUT2D eigenvalue weighted by atomic mass is 10.1. The third-order valence-electron chi connectivity index (χ3n) is 4.11. The molecule has 3 nitrogen and oxygen atoms in total. The van der Waals surface area contributed by atoms with E-state index in [9.17, 15) is 0 Å². The maximum absolute atomic E-state index is 5.38. The van der Waals surface area contributed by atoms with Gasteiger partial charge in [0.25, 0.3) is 0 Å². The van der Waals surface area contributed by atoms with Gasteiger partial charge in [0, 0.05) is 19.1 Å². The van der Waals surface area contributed by atoms with Crippen molar-refractivity contribution in [3.63, 3.8) is 0 Å². The molecule has 1 unspecified atom stereocenters.